The number of hydrogen-bond donors (Lipinski definition) is 1. The summed E-state index contributed by atoms with van der Waals surface area (Å²) in [5.74, 6) is 1.64. The quantitative estimate of drug-likeness (QED) is 0.709. The van der Waals surface area contributed by atoms with Gasteiger partial charge in [0, 0.05) is 38.3 Å². The molecule has 0 spiro atoms. The number of benzene rings is 2. The van der Waals surface area contributed by atoms with Gasteiger partial charge in [0.2, 0.25) is 0 Å². The lowest BCUT2D eigenvalue weighted by Crippen LogP contribution is -2.51. The summed E-state index contributed by atoms with van der Waals surface area (Å²) in [6, 6.07) is 21.6. The van der Waals surface area contributed by atoms with Gasteiger partial charge < -0.3 is 19.9 Å². The van der Waals surface area contributed by atoms with Gasteiger partial charge in [-0.2, -0.15) is 0 Å². The van der Waals surface area contributed by atoms with E-state index in [4.69, 9.17) is 4.74 Å². The van der Waals surface area contributed by atoms with Crippen LogP contribution in [0.3, 0.4) is 0 Å². The van der Waals surface area contributed by atoms with E-state index in [2.05, 4.69) is 20.4 Å². The van der Waals surface area contributed by atoms with Crippen LogP contribution in [0.25, 0.3) is 11.3 Å². The molecule has 0 saturated carbocycles. The Morgan fingerprint density at radius 2 is 1.67 bits per heavy atom. The molecule has 1 aromatic heterocycles. The van der Waals surface area contributed by atoms with E-state index in [1.165, 1.54) is 0 Å². The third-order valence-electron chi connectivity index (χ3n) is 5.21. The lowest BCUT2D eigenvalue weighted by molar-refractivity contribution is 0.194. The minimum absolute atomic E-state index is 0.0283. The molecule has 2 amide bonds. The molecule has 0 atom stereocenters. The topological polar surface area (TPSA) is 70.6 Å². The largest absolute Gasteiger partial charge is 0.497 e. The van der Waals surface area contributed by atoms with Gasteiger partial charge in [0.25, 0.3) is 0 Å². The molecule has 7 nitrogen and oxygen atoms in total. The smallest absolute Gasteiger partial charge is 0.317 e. The van der Waals surface area contributed by atoms with Crippen molar-refractivity contribution in [1.82, 2.24) is 20.4 Å². The van der Waals surface area contributed by atoms with Crippen molar-refractivity contribution in [2.24, 2.45) is 0 Å². The first kappa shape index (κ1) is 19.7. The number of urea groups is 1. The SMILES string of the molecule is COc1ccc(-c2ccc(N3CCN(C(=O)NCc4ccccc4)CC3)nn2)cc1. The summed E-state index contributed by atoms with van der Waals surface area (Å²) in [6.07, 6.45) is 0. The second kappa shape index (κ2) is 9.26. The van der Waals surface area contributed by atoms with Crippen molar-refractivity contribution in [3.8, 4) is 17.0 Å². The summed E-state index contributed by atoms with van der Waals surface area (Å²) < 4.78 is 5.19. The van der Waals surface area contributed by atoms with E-state index >= 15 is 0 Å². The predicted octanol–water partition coefficient (Wildman–Crippen LogP) is 3.18. The van der Waals surface area contributed by atoms with Gasteiger partial charge in [-0.3, -0.25) is 0 Å². The van der Waals surface area contributed by atoms with Crippen LogP contribution in [0.1, 0.15) is 5.56 Å². The van der Waals surface area contributed by atoms with Crippen molar-refractivity contribution >= 4 is 11.8 Å². The second-order valence-corrected chi connectivity index (χ2v) is 7.12. The maximum absolute atomic E-state index is 12.4. The zero-order chi connectivity index (χ0) is 20.8. The first-order chi connectivity index (χ1) is 14.7. The number of ether oxygens (including phenoxy) is 1. The van der Waals surface area contributed by atoms with Crippen molar-refractivity contribution < 1.29 is 9.53 Å². The zero-order valence-corrected chi connectivity index (χ0v) is 17.0. The molecule has 1 fully saturated rings. The molecular weight excluding hydrogens is 378 g/mol. The summed E-state index contributed by atoms with van der Waals surface area (Å²) in [5, 5.41) is 11.8. The van der Waals surface area contributed by atoms with Gasteiger partial charge in [0.1, 0.15) is 5.75 Å². The minimum Gasteiger partial charge on any atom is -0.497 e. The molecule has 7 heteroatoms. The highest BCUT2D eigenvalue weighted by atomic mass is 16.5. The van der Waals surface area contributed by atoms with Crippen LogP contribution in [0.4, 0.5) is 10.6 Å². The molecule has 1 aliphatic rings. The predicted molar refractivity (Wildman–Crippen MR) is 116 cm³/mol. The maximum atomic E-state index is 12.4. The standard InChI is InChI=1S/C23H25N5O2/c1-30-20-9-7-19(8-10-20)21-11-12-22(26-25-21)27-13-15-28(16-14-27)23(29)24-17-18-5-3-2-4-6-18/h2-12H,13-17H2,1H3,(H,24,29). The summed E-state index contributed by atoms with van der Waals surface area (Å²) in [5.41, 5.74) is 2.91. The molecule has 0 bridgehead atoms. The Kier molecular flexibility index (Phi) is 6.08. The van der Waals surface area contributed by atoms with E-state index in [0.29, 0.717) is 19.6 Å². The zero-order valence-electron chi connectivity index (χ0n) is 17.0. The van der Waals surface area contributed by atoms with Crippen LogP contribution in [0.5, 0.6) is 5.75 Å². The molecule has 0 aliphatic carbocycles. The first-order valence-electron chi connectivity index (χ1n) is 10.0. The van der Waals surface area contributed by atoms with Gasteiger partial charge in [-0.25, -0.2) is 4.79 Å². The highest BCUT2D eigenvalue weighted by Crippen LogP contribution is 2.22. The second-order valence-electron chi connectivity index (χ2n) is 7.12. The third-order valence-corrected chi connectivity index (χ3v) is 5.21. The summed E-state index contributed by atoms with van der Waals surface area (Å²) in [7, 11) is 1.65. The molecule has 3 aromatic rings. The number of carbonyl (C=O) groups is 1. The van der Waals surface area contributed by atoms with Crippen LogP contribution in [0.2, 0.25) is 0 Å². The third kappa shape index (κ3) is 4.68. The van der Waals surface area contributed by atoms with Crippen LogP contribution in [-0.2, 0) is 6.54 Å². The highest BCUT2D eigenvalue weighted by molar-refractivity contribution is 5.74. The number of hydrogen-bond acceptors (Lipinski definition) is 5. The Morgan fingerprint density at radius 3 is 2.30 bits per heavy atom. The van der Waals surface area contributed by atoms with E-state index in [0.717, 1.165) is 41.5 Å². The number of aromatic nitrogens is 2. The van der Waals surface area contributed by atoms with Crippen LogP contribution in [-0.4, -0.2) is 54.4 Å². The first-order valence-corrected chi connectivity index (χ1v) is 10.0. The summed E-state index contributed by atoms with van der Waals surface area (Å²) in [6.45, 7) is 3.31. The molecule has 0 radical (unpaired) electrons. The van der Waals surface area contributed by atoms with Crippen molar-refractivity contribution in [1.29, 1.82) is 0 Å². The average molecular weight is 403 g/mol. The Hall–Kier alpha value is -3.61. The Labute approximate surface area is 176 Å². The van der Waals surface area contributed by atoms with Crippen molar-refractivity contribution in [2.45, 2.75) is 6.54 Å². The normalized spacial score (nSPS) is 13.8. The molecule has 1 aliphatic heterocycles. The monoisotopic (exact) mass is 403 g/mol. The van der Waals surface area contributed by atoms with Crippen molar-refractivity contribution in [3.63, 3.8) is 0 Å². The van der Waals surface area contributed by atoms with Gasteiger partial charge >= 0.3 is 6.03 Å². The summed E-state index contributed by atoms with van der Waals surface area (Å²) in [4.78, 5) is 16.4. The molecule has 30 heavy (non-hydrogen) atoms. The Balaban J connectivity index is 1.29. The average Bonchev–Trinajstić information content (AvgIpc) is 2.83. The molecule has 2 heterocycles. The summed E-state index contributed by atoms with van der Waals surface area (Å²) >= 11 is 0. The number of amides is 2. The lowest BCUT2D eigenvalue weighted by atomic mass is 10.1. The molecule has 1 N–H and O–H groups in total. The molecule has 0 unspecified atom stereocenters. The van der Waals surface area contributed by atoms with E-state index in [9.17, 15) is 4.79 Å². The van der Waals surface area contributed by atoms with Crippen LogP contribution in [0, 0.1) is 0 Å². The molecular formula is C23H25N5O2. The van der Waals surface area contributed by atoms with E-state index in [1.54, 1.807) is 7.11 Å². The number of methoxy groups -OCH3 is 1. The van der Waals surface area contributed by atoms with Gasteiger partial charge in [-0.15, -0.1) is 10.2 Å². The fourth-order valence-corrected chi connectivity index (χ4v) is 3.43. The molecule has 1 saturated heterocycles. The van der Waals surface area contributed by atoms with E-state index in [-0.39, 0.29) is 6.03 Å². The molecule has 2 aromatic carbocycles. The lowest BCUT2D eigenvalue weighted by Gasteiger charge is -2.35. The number of nitrogens with one attached hydrogen (secondary N) is 1. The van der Waals surface area contributed by atoms with Crippen molar-refractivity contribution in [3.05, 3.63) is 72.3 Å². The van der Waals surface area contributed by atoms with Gasteiger partial charge in [0.15, 0.2) is 5.82 Å². The van der Waals surface area contributed by atoms with Crippen LogP contribution >= 0.6 is 0 Å². The molecule has 4 rings (SSSR count). The van der Waals surface area contributed by atoms with Crippen LogP contribution < -0.4 is 15.0 Å². The van der Waals surface area contributed by atoms with Gasteiger partial charge in [0.05, 0.1) is 12.8 Å². The molecule has 154 valence electrons. The van der Waals surface area contributed by atoms with Crippen molar-refractivity contribution in [2.75, 3.05) is 38.2 Å². The number of carbonyl (C=O) groups excluding carboxylic acids is 1. The fraction of sp³-hybridized carbons (Fsp3) is 0.261. The Morgan fingerprint density at radius 1 is 0.933 bits per heavy atom. The van der Waals surface area contributed by atoms with Gasteiger partial charge in [-0.05, 0) is 42.0 Å². The fourth-order valence-electron chi connectivity index (χ4n) is 3.43. The van der Waals surface area contributed by atoms with Gasteiger partial charge in [-0.1, -0.05) is 30.3 Å². The Bertz CT molecular complexity index is 953. The number of anilines is 1. The number of nitrogens with zero attached hydrogens (tertiary/aromatic N) is 4. The highest BCUT2D eigenvalue weighted by Gasteiger charge is 2.22. The van der Waals surface area contributed by atoms with E-state index in [1.807, 2.05) is 71.6 Å². The minimum atomic E-state index is -0.0283. The number of rotatable bonds is 5. The maximum Gasteiger partial charge on any atom is 0.317 e. The van der Waals surface area contributed by atoms with E-state index < -0.39 is 0 Å². The number of piperazine rings is 1. The van der Waals surface area contributed by atoms with Crippen LogP contribution in [0.15, 0.2) is 66.7 Å².